The first-order chi connectivity index (χ1) is 11.2. The second-order valence-corrected chi connectivity index (χ2v) is 8.25. The molecule has 4 rings (SSSR count). The van der Waals surface area contributed by atoms with Gasteiger partial charge in [-0.2, -0.15) is 0 Å². The van der Waals surface area contributed by atoms with E-state index in [0.29, 0.717) is 6.61 Å². The molecule has 1 aliphatic carbocycles. The molecular weight excluding hydrogens is 310 g/mol. The number of thiophene rings is 1. The van der Waals surface area contributed by atoms with Gasteiger partial charge in [0.2, 0.25) is 5.91 Å². The minimum Gasteiger partial charge on any atom is -0.369 e. The predicted molar refractivity (Wildman–Crippen MR) is 90.4 cm³/mol. The number of likely N-dealkylation sites (N-methyl/N-ethyl adjacent to an activating group) is 1. The van der Waals surface area contributed by atoms with Gasteiger partial charge in [0, 0.05) is 44.6 Å². The molecule has 3 aliphatic rings. The van der Waals surface area contributed by atoms with Gasteiger partial charge in [0.25, 0.3) is 0 Å². The molecule has 1 amide bonds. The van der Waals surface area contributed by atoms with Crippen molar-refractivity contribution in [3.05, 3.63) is 22.4 Å². The highest BCUT2D eigenvalue weighted by atomic mass is 32.1. The fourth-order valence-electron chi connectivity index (χ4n) is 3.81. The van der Waals surface area contributed by atoms with Gasteiger partial charge in [-0.15, -0.1) is 11.3 Å². The van der Waals surface area contributed by atoms with Crippen molar-refractivity contribution in [1.29, 1.82) is 0 Å². The number of ether oxygens (including phenoxy) is 1. The van der Waals surface area contributed by atoms with Crippen LogP contribution in [0.5, 0.6) is 0 Å². The van der Waals surface area contributed by atoms with Crippen molar-refractivity contribution >= 4 is 17.2 Å². The molecule has 2 aliphatic heterocycles. The quantitative estimate of drug-likeness (QED) is 0.877. The molecule has 3 heterocycles. The monoisotopic (exact) mass is 335 g/mol. The summed E-state index contributed by atoms with van der Waals surface area (Å²) in [4.78, 5) is 18.4. The van der Waals surface area contributed by atoms with Crippen LogP contribution in [-0.2, 0) is 16.1 Å². The Bertz CT molecular complexity index is 552. The van der Waals surface area contributed by atoms with E-state index in [2.05, 4.69) is 32.6 Å². The molecule has 5 nitrogen and oxygen atoms in total. The molecule has 126 valence electrons. The third-order valence-corrected chi connectivity index (χ3v) is 6.06. The molecule has 3 fully saturated rings. The highest BCUT2D eigenvalue weighted by molar-refractivity contribution is 7.09. The summed E-state index contributed by atoms with van der Waals surface area (Å²) in [5, 5.41) is 4.92. The van der Waals surface area contributed by atoms with Crippen molar-refractivity contribution in [3.8, 4) is 0 Å². The standard InChI is InChI=1S/C17H25N3O2S/c1-18-16(21)15-9-22-17(12-20(15)7-13-4-5-13)10-19(11-17)8-14-3-2-6-23-14/h2-3,6,13,15H,4-5,7-12H2,1H3,(H,18,21). The van der Waals surface area contributed by atoms with Crippen LogP contribution >= 0.6 is 11.3 Å². The molecule has 1 unspecified atom stereocenters. The number of hydrogen-bond donors (Lipinski definition) is 1. The maximum atomic E-state index is 12.1. The summed E-state index contributed by atoms with van der Waals surface area (Å²) in [6.07, 6.45) is 2.63. The van der Waals surface area contributed by atoms with Crippen LogP contribution in [0.15, 0.2) is 17.5 Å². The number of nitrogens with one attached hydrogen (secondary N) is 1. The van der Waals surface area contributed by atoms with Crippen molar-refractivity contribution in [2.24, 2.45) is 5.92 Å². The maximum absolute atomic E-state index is 12.1. The second-order valence-electron chi connectivity index (χ2n) is 7.22. The Labute approximate surface area is 141 Å². The number of morpholine rings is 1. The number of likely N-dealkylation sites (tertiary alicyclic amines) is 1. The average molecular weight is 335 g/mol. The predicted octanol–water partition coefficient (Wildman–Crippen LogP) is 1.16. The van der Waals surface area contributed by atoms with E-state index in [1.165, 1.54) is 17.7 Å². The van der Waals surface area contributed by atoms with Crippen LogP contribution in [0, 0.1) is 5.92 Å². The lowest BCUT2D eigenvalue weighted by molar-refractivity contribution is -0.202. The van der Waals surface area contributed by atoms with E-state index in [9.17, 15) is 4.79 Å². The minimum atomic E-state index is -0.113. The number of hydrogen-bond acceptors (Lipinski definition) is 5. The van der Waals surface area contributed by atoms with E-state index in [0.717, 1.165) is 38.6 Å². The Balaban J connectivity index is 1.36. The highest BCUT2D eigenvalue weighted by Gasteiger charge is 2.50. The van der Waals surface area contributed by atoms with Crippen molar-refractivity contribution in [3.63, 3.8) is 0 Å². The van der Waals surface area contributed by atoms with E-state index in [1.807, 2.05) is 11.3 Å². The molecular formula is C17H25N3O2S. The summed E-state index contributed by atoms with van der Waals surface area (Å²) in [5.41, 5.74) is -0.0589. The summed E-state index contributed by atoms with van der Waals surface area (Å²) in [6.45, 7) is 5.44. The van der Waals surface area contributed by atoms with Gasteiger partial charge in [-0.3, -0.25) is 14.6 Å². The lowest BCUT2D eigenvalue weighted by Gasteiger charge is -2.55. The van der Waals surface area contributed by atoms with Gasteiger partial charge in [0.05, 0.1) is 6.61 Å². The lowest BCUT2D eigenvalue weighted by atomic mass is 9.90. The summed E-state index contributed by atoms with van der Waals surface area (Å²) < 4.78 is 6.18. The molecule has 2 saturated heterocycles. The Hall–Kier alpha value is -0.950. The molecule has 1 aromatic rings. The van der Waals surface area contributed by atoms with E-state index >= 15 is 0 Å². The van der Waals surface area contributed by atoms with Crippen LogP contribution in [0.1, 0.15) is 17.7 Å². The van der Waals surface area contributed by atoms with Gasteiger partial charge in [-0.1, -0.05) is 6.07 Å². The highest BCUT2D eigenvalue weighted by Crippen LogP contribution is 2.36. The zero-order valence-electron chi connectivity index (χ0n) is 13.7. The van der Waals surface area contributed by atoms with Crippen LogP contribution in [-0.4, -0.2) is 67.2 Å². The summed E-state index contributed by atoms with van der Waals surface area (Å²) in [7, 11) is 1.72. The van der Waals surface area contributed by atoms with Crippen LogP contribution in [0.25, 0.3) is 0 Å². The molecule has 0 aromatic carbocycles. The zero-order valence-corrected chi connectivity index (χ0v) is 14.5. The molecule has 0 radical (unpaired) electrons. The maximum Gasteiger partial charge on any atom is 0.239 e. The van der Waals surface area contributed by atoms with Crippen molar-refractivity contribution in [1.82, 2.24) is 15.1 Å². The smallest absolute Gasteiger partial charge is 0.239 e. The van der Waals surface area contributed by atoms with Crippen molar-refractivity contribution < 1.29 is 9.53 Å². The number of nitrogens with zero attached hydrogens (tertiary/aromatic N) is 2. The van der Waals surface area contributed by atoms with E-state index < -0.39 is 0 Å². The third kappa shape index (κ3) is 3.31. The van der Waals surface area contributed by atoms with Crippen LogP contribution in [0.3, 0.4) is 0 Å². The van der Waals surface area contributed by atoms with Gasteiger partial charge >= 0.3 is 0 Å². The van der Waals surface area contributed by atoms with Gasteiger partial charge in [0.1, 0.15) is 11.6 Å². The van der Waals surface area contributed by atoms with Gasteiger partial charge in [-0.25, -0.2) is 0 Å². The average Bonchev–Trinajstić information content (AvgIpc) is 3.18. The Morgan fingerprint density at radius 1 is 1.43 bits per heavy atom. The van der Waals surface area contributed by atoms with E-state index in [1.54, 1.807) is 7.05 Å². The fraction of sp³-hybridized carbons (Fsp3) is 0.706. The summed E-state index contributed by atoms with van der Waals surface area (Å²) >= 11 is 1.81. The lowest BCUT2D eigenvalue weighted by Crippen LogP contribution is -2.72. The number of rotatable bonds is 5. The number of amides is 1. The second kappa shape index (κ2) is 6.16. The third-order valence-electron chi connectivity index (χ3n) is 5.20. The fourth-order valence-corrected chi connectivity index (χ4v) is 4.56. The molecule has 23 heavy (non-hydrogen) atoms. The molecule has 1 atom stereocenters. The van der Waals surface area contributed by atoms with Crippen LogP contribution < -0.4 is 5.32 Å². The van der Waals surface area contributed by atoms with Crippen LogP contribution in [0.2, 0.25) is 0 Å². The topological polar surface area (TPSA) is 44.8 Å². The molecule has 1 spiro atoms. The summed E-state index contributed by atoms with van der Waals surface area (Å²) in [6, 6.07) is 4.19. The minimum absolute atomic E-state index is 0.0589. The zero-order chi connectivity index (χ0) is 15.9. The Morgan fingerprint density at radius 3 is 2.91 bits per heavy atom. The first kappa shape index (κ1) is 15.6. The Kier molecular flexibility index (Phi) is 4.17. The summed E-state index contributed by atoms with van der Waals surface area (Å²) in [5.74, 6) is 0.884. The van der Waals surface area contributed by atoms with Gasteiger partial charge in [-0.05, 0) is 30.2 Å². The molecule has 1 aromatic heterocycles. The largest absolute Gasteiger partial charge is 0.369 e. The van der Waals surface area contributed by atoms with Gasteiger partial charge in [0.15, 0.2) is 0 Å². The van der Waals surface area contributed by atoms with Crippen molar-refractivity contribution in [2.75, 3.05) is 39.8 Å². The van der Waals surface area contributed by atoms with Gasteiger partial charge < -0.3 is 10.1 Å². The SMILES string of the molecule is CNC(=O)C1COC2(CN(Cc3cccs3)C2)CN1CC1CC1. The molecule has 6 heteroatoms. The van der Waals surface area contributed by atoms with Crippen molar-refractivity contribution in [2.45, 2.75) is 31.0 Å². The molecule has 0 bridgehead atoms. The first-order valence-corrected chi connectivity index (χ1v) is 9.40. The molecule has 1 saturated carbocycles. The van der Waals surface area contributed by atoms with E-state index in [4.69, 9.17) is 4.74 Å². The normalized spacial score (nSPS) is 27.8. The number of carbonyl (C=O) groups excluding carboxylic acids is 1. The van der Waals surface area contributed by atoms with E-state index in [-0.39, 0.29) is 17.6 Å². The van der Waals surface area contributed by atoms with Crippen LogP contribution in [0.4, 0.5) is 0 Å². The number of carbonyl (C=O) groups is 1. The molecule has 1 N–H and O–H groups in total. The Morgan fingerprint density at radius 2 is 2.26 bits per heavy atom. The first-order valence-electron chi connectivity index (χ1n) is 8.52.